The van der Waals surface area contributed by atoms with Crippen molar-refractivity contribution in [2.45, 2.75) is 52.1 Å². The Morgan fingerprint density at radius 2 is 1.60 bits per heavy atom. The number of rotatable bonds is 17. The molecule has 2 atom stereocenters. The number of aromatic nitrogens is 3. The van der Waals surface area contributed by atoms with Crippen LogP contribution in [0.3, 0.4) is 0 Å². The van der Waals surface area contributed by atoms with E-state index in [1.54, 1.807) is 41.7 Å². The highest BCUT2D eigenvalue weighted by Gasteiger charge is 2.43. The Morgan fingerprint density at radius 3 is 2.34 bits per heavy atom. The Labute approximate surface area is 365 Å². The molecule has 2 N–H and O–H groups in total. The van der Waals surface area contributed by atoms with Crippen LogP contribution in [0.15, 0.2) is 59.6 Å². The van der Waals surface area contributed by atoms with Gasteiger partial charge in [-0.1, -0.05) is 35.9 Å². The summed E-state index contributed by atoms with van der Waals surface area (Å²) in [6.07, 6.45) is 0.172. The SMILES string of the molecule is Cc1sc2c(c1C)C(c1ccc(Cl)cc1)=N[C@@H](CC(=O)NCCOCCOCCOCCOc1cc3c4c(cccc4c1)C(=O)N(C1CCC(=O)NC1=O)C3=O)c1nnc(C)n1-2. The third-order valence-corrected chi connectivity index (χ3v) is 12.4. The fraction of sp³-hybridized carbons (Fsp3) is 0.364. The summed E-state index contributed by atoms with van der Waals surface area (Å²) in [5, 5.41) is 16.7. The minimum Gasteiger partial charge on any atom is -0.491 e. The van der Waals surface area contributed by atoms with E-state index in [2.05, 4.69) is 34.7 Å². The van der Waals surface area contributed by atoms with Crippen molar-refractivity contribution >= 4 is 69.0 Å². The molecule has 0 radical (unpaired) electrons. The molecule has 1 saturated heterocycles. The highest BCUT2D eigenvalue weighted by molar-refractivity contribution is 7.15. The van der Waals surface area contributed by atoms with Crippen molar-refractivity contribution in [1.82, 2.24) is 30.3 Å². The number of nitrogens with one attached hydrogen (secondary N) is 2. The van der Waals surface area contributed by atoms with Crippen molar-refractivity contribution in [3.63, 3.8) is 0 Å². The lowest BCUT2D eigenvalue weighted by Crippen LogP contribution is -2.57. The van der Waals surface area contributed by atoms with E-state index < -0.39 is 35.7 Å². The van der Waals surface area contributed by atoms with Gasteiger partial charge in [0.15, 0.2) is 5.82 Å². The average molecular weight is 882 g/mol. The molecule has 1 fully saturated rings. The van der Waals surface area contributed by atoms with Gasteiger partial charge in [0.25, 0.3) is 11.8 Å². The van der Waals surface area contributed by atoms with E-state index in [-0.39, 0.29) is 43.9 Å². The molecule has 3 aliphatic heterocycles. The van der Waals surface area contributed by atoms with E-state index in [0.29, 0.717) is 72.5 Å². The Kier molecular flexibility index (Phi) is 12.9. The van der Waals surface area contributed by atoms with Crippen molar-refractivity contribution in [2.24, 2.45) is 4.99 Å². The number of thiophene rings is 1. The van der Waals surface area contributed by atoms with Crippen LogP contribution in [0.1, 0.15) is 79.2 Å². The van der Waals surface area contributed by atoms with Crippen molar-refractivity contribution in [3.05, 3.63) is 104 Å². The molecule has 1 unspecified atom stereocenters. The summed E-state index contributed by atoms with van der Waals surface area (Å²) in [5.74, 6) is -0.742. The van der Waals surface area contributed by atoms with E-state index >= 15 is 0 Å². The second-order valence-corrected chi connectivity index (χ2v) is 16.6. The normalized spacial score (nSPS) is 17.1. The number of amides is 5. The van der Waals surface area contributed by atoms with Crippen LogP contribution in [-0.4, -0.2) is 114 Å². The first-order valence-electron chi connectivity index (χ1n) is 20.3. The van der Waals surface area contributed by atoms with Gasteiger partial charge in [0.2, 0.25) is 17.7 Å². The summed E-state index contributed by atoms with van der Waals surface area (Å²) >= 11 is 7.87. The average Bonchev–Trinajstić information content (AvgIpc) is 3.73. The van der Waals surface area contributed by atoms with Gasteiger partial charge in [-0.2, -0.15) is 0 Å². The Hall–Kier alpha value is -5.85. The van der Waals surface area contributed by atoms with Crippen LogP contribution in [0.25, 0.3) is 15.8 Å². The van der Waals surface area contributed by atoms with E-state index in [1.165, 1.54) is 4.88 Å². The Morgan fingerprint density at radius 1 is 0.887 bits per heavy atom. The summed E-state index contributed by atoms with van der Waals surface area (Å²) < 4.78 is 24.9. The maximum absolute atomic E-state index is 13.6. The van der Waals surface area contributed by atoms with Crippen molar-refractivity contribution in [1.29, 1.82) is 0 Å². The summed E-state index contributed by atoms with van der Waals surface area (Å²) in [6, 6.07) is 14.3. The minimum atomic E-state index is -1.08. The van der Waals surface area contributed by atoms with Gasteiger partial charge in [-0.05, 0) is 68.5 Å². The molecule has 0 saturated carbocycles. The molecule has 322 valence electrons. The Balaban J connectivity index is 0.746. The first kappa shape index (κ1) is 42.8. The quantitative estimate of drug-likeness (QED) is 0.0945. The van der Waals surface area contributed by atoms with E-state index in [4.69, 9.17) is 35.5 Å². The number of halogens is 1. The number of imide groups is 2. The maximum Gasteiger partial charge on any atom is 0.262 e. The number of aliphatic imine (C=N–C) groups is 1. The van der Waals surface area contributed by atoms with Gasteiger partial charge < -0.3 is 24.3 Å². The predicted octanol–water partition coefficient (Wildman–Crippen LogP) is 4.99. The number of aryl methyl sites for hydroxylation is 2. The standard InChI is InChI=1S/C44H44ClN7O9S/c1-24-25(2)62-44-37(24)39(27-7-9-29(45)10-8-27)47-33(40-50-49-26(3)51(40)44)23-36(54)46-13-14-58-15-16-59-17-18-60-19-20-61-30-21-28-5-4-6-31-38(28)32(22-30)43(57)52(42(31)56)34-11-12-35(53)48-41(34)55/h4-10,21-22,33-34H,11-20,23H2,1-3H3,(H,46,54)(H,48,53,55)/t33-,34?/m0/s1. The summed E-state index contributed by atoms with van der Waals surface area (Å²) in [4.78, 5) is 71.7. The number of fused-ring (bicyclic) bond motifs is 3. The second-order valence-electron chi connectivity index (χ2n) is 15.0. The smallest absolute Gasteiger partial charge is 0.262 e. The largest absolute Gasteiger partial charge is 0.491 e. The van der Waals surface area contributed by atoms with Crippen molar-refractivity contribution in [3.8, 4) is 10.8 Å². The molecule has 62 heavy (non-hydrogen) atoms. The van der Waals surface area contributed by atoms with Gasteiger partial charge in [0, 0.05) is 44.9 Å². The van der Waals surface area contributed by atoms with Crippen molar-refractivity contribution in [2.75, 3.05) is 52.8 Å². The lowest BCUT2D eigenvalue weighted by Gasteiger charge is -2.34. The molecule has 3 aromatic carbocycles. The molecule has 0 spiro atoms. The number of benzene rings is 3. The molecule has 5 aromatic rings. The highest BCUT2D eigenvalue weighted by atomic mass is 35.5. The topological polar surface area (TPSA) is 193 Å². The predicted molar refractivity (Wildman–Crippen MR) is 229 cm³/mol. The second kappa shape index (κ2) is 18.6. The van der Waals surface area contributed by atoms with Crippen LogP contribution in [0.4, 0.5) is 0 Å². The molecular formula is C44H44ClN7O9S. The van der Waals surface area contributed by atoms with Crippen LogP contribution < -0.4 is 15.4 Å². The number of carbonyl (C=O) groups excluding carboxylic acids is 5. The first-order valence-corrected chi connectivity index (χ1v) is 21.5. The van der Waals surface area contributed by atoms with Gasteiger partial charge in [0.05, 0.1) is 57.3 Å². The molecule has 8 rings (SSSR count). The number of hydrogen-bond donors (Lipinski definition) is 2. The summed E-state index contributed by atoms with van der Waals surface area (Å²) in [6.45, 7) is 8.43. The molecule has 0 aliphatic carbocycles. The summed E-state index contributed by atoms with van der Waals surface area (Å²) in [7, 11) is 0. The molecular weight excluding hydrogens is 838 g/mol. The highest BCUT2D eigenvalue weighted by Crippen LogP contribution is 2.40. The van der Waals surface area contributed by atoms with Crippen LogP contribution in [-0.2, 0) is 28.6 Å². The molecule has 16 nitrogen and oxygen atoms in total. The molecule has 5 amide bonds. The van der Waals surface area contributed by atoms with E-state index in [9.17, 15) is 24.0 Å². The Bertz CT molecular complexity index is 2610. The molecule has 2 aromatic heterocycles. The third-order valence-electron chi connectivity index (χ3n) is 10.9. The fourth-order valence-corrected chi connectivity index (χ4v) is 9.14. The van der Waals surface area contributed by atoms with E-state index in [1.807, 2.05) is 35.8 Å². The minimum absolute atomic E-state index is 0.0324. The van der Waals surface area contributed by atoms with Crippen molar-refractivity contribution < 1.29 is 42.9 Å². The zero-order valence-corrected chi connectivity index (χ0v) is 35.9. The van der Waals surface area contributed by atoms with Crippen LogP contribution in [0, 0.1) is 20.8 Å². The molecule has 18 heteroatoms. The lowest BCUT2D eigenvalue weighted by molar-refractivity contribution is -0.136. The third kappa shape index (κ3) is 8.76. The number of nitrogens with zero attached hydrogens (tertiary/aromatic N) is 5. The molecule has 3 aliphatic rings. The zero-order chi connectivity index (χ0) is 43.5. The number of piperidine rings is 1. The van der Waals surface area contributed by atoms with Gasteiger partial charge in [0.1, 0.15) is 35.3 Å². The van der Waals surface area contributed by atoms with Crippen LogP contribution >= 0.6 is 22.9 Å². The molecule has 5 heterocycles. The van der Waals surface area contributed by atoms with Crippen LogP contribution in [0.2, 0.25) is 5.02 Å². The molecule has 0 bridgehead atoms. The van der Waals surface area contributed by atoms with E-state index in [0.717, 1.165) is 38.1 Å². The van der Waals surface area contributed by atoms with Gasteiger partial charge >= 0.3 is 0 Å². The zero-order valence-electron chi connectivity index (χ0n) is 34.3. The maximum atomic E-state index is 13.6. The van der Waals surface area contributed by atoms with Crippen LogP contribution in [0.5, 0.6) is 5.75 Å². The monoisotopic (exact) mass is 881 g/mol. The first-order chi connectivity index (χ1) is 30.0. The fourth-order valence-electron chi connectivity index (χ4n) is 7.80. The lowest BCUT2D eigenvalue weighted by atomic mass is 9.91. The number of hydrogen-bond acceptors (Lipinski definition) is 13. The summed E-state index contributed by atoms with van der Waals surface area (Å²) in [5.41, 5.74) is 4.36. The van der Waals surface area contributed by atoms with Gasteiger partial charge in [-0.25, -0.2) is 0 Å². The van der Waals surface area contributed by atoms with Gasteiger partial charge in [-0.3, -0.25) is 43.7 Å². The van der Waals surface area contributed by atoms with Gasteiger partial charge in [-0.15, -0.1) is 21.5 Å². The number of carbonyl (C=O) groups is 5. The number of ether oxygens (including phenoxy) is 4.